The summed E-state index contributed by atoms with van der Waals surface area (Å²) in [6.07, 6.45) is 0.747. The standard InChI is InChI=1S/C14H16N2O3S/c1-14(2,13(18)19)16-11(17)7-8-12-15-9-5-3-4-6-10(9)20-12/h3-6H,7-8H2,1-2H3,(H,16,17)(H,18,19). The molecule has 0 aliphatic heterocycles. The third-order valence-electron chi connectivity index (χ3n) is 2.89. The van der Waals surface area contributed by atoms with Gasteiger partial charge in [0.1, 0.15) is 5.54 Å². The first-order valence-corrected chi connectivity index (χ1v) is 7.09. The maximum atomic E-state index is 11.8. The predicted octanol–water partition coefficient (Wildman–Crippen LogP) is 2.21. The number of carboxylic acid groups (broad SMARTS) is 1. The molecule has 0 bridgehead atoms. The van der Waals surface area contributed by atoms with Crippen LogP contribution in [0.3, 0.4) is 0 Å². The summed E-state index contributed by atoms with van der Waals surface area (Å²) in [6.45, 7) is 2.93. The van der Waals surface area contributed by atoms with Gasteiger partial charge < -0.3 is 10.4 Å². The van der Waals surface area contributed by atoms with Crippen molar-refractivity contribution < 1.29 is 14.7 Å². The van der Waals surface area contributed by atoms with Gasteiger partial charge in [-0.3, -0.25) is 4.79 Å². The van der Waals surface area contributed by atoms with Crippen molar-refractivity contribution in [3.05, 3.63) is 29.3 Å². The molecule has 2 aromatic rings. The molecule has 0 saturated heterocycles. The molecule has 0 aliphatic rings. The van der Waals surface area contributed by atoms with Crippen LogP contribution in [0.25, 0.3) is 10.2 Å². The zero-order chi connectivity index (χ0) is 14.8. The SMILES string of the molecule is CC(C)(NC(=O)CCc1nc2ccccc2s1)C(=O)O. The highest BCUT2D eigenvalue weighted by Crippen LogP contribution is 2.22. The highest BCUT2D eigenvalue weighted by molar-refractivity contribution is 7.18. The molecule has 2 N–H and O–H groups in total. The first kappa shape index (κ1) is 14.5. The van der Waals surface area contributed by atoms with Crippen LogP contribution < -0.4 is 5.32 Å². The van der Waals surface area contributed by atoms with E-state index >= 15 is 0 Å². The molecule has 2 rings (SSSR count). The number of nitrogens with one attached hydrogen (secondary N) is 1. The number of amides is 1. The Kier molecular flexibility index (Phi) is 4.04. The van der Waals surface area contributed by atoms with Crippen molar-refractivity contribution in [2.24, 2.45) is 0 Å². The van der Waals surface area contributed by atoms with Crippen LogP contribution >= 0.6 is 11.3 Å². The molecule has 5 nitrogen and oxygen atoms in total. The van der Waals surface area contributed by atoms with Crippen molar-refractivity contribution in [1.29, 1.82) is 0 Å². The van der Waals surface area contributed by atoms with E-state index in [1.165, 1.54) is 13.8 Å². The van der Waals surface area contributed by atoms with Crippen LogP contribution in [-0.2, 0) is 16.0 Å². The van der Waals surface area contributed by atoms with Crippen molar-refractivity contribution in [3.63, 3.8) is 0 Å². The molecule has 1 aromatic carbocycles. The molecule has 0 spiro atoms. The van der Waals surface area contributed by atoms with Gasteiger partial charge in [-0.25, -0.2) is 9.78 Å². The molecule has 0 radical (unpaired) electrons. The van der Waals surface area contributed by atoms with E-state index in [4.69, 9.17) is 5.11 Å². The molecule has 1 amide bonds. The van der Waals surface area contributed by atoms with Gasteiger partial charge in [-0.1, -0.05) is 12.1 Å². The van der Waals surface area contributed by atoms with Crippen molar-refractivity contribution in [2.75, 3.05) is 0 Å². The number of nitrogens with zero attached hydrogens (tertiary/aromatic N) is 1. The lowest BCUT2D eigenvalue weighted by Gasteiger charge is -2.20. The number of benzene rings is 1. The van der Waals surface area contributed by atoms with Gasteiger partial charge in [0, 0.05) is 12.8 Å². The zero-order valence-electron chi connectivity index (χ0n) is 11.3. The molecular formula is C14H16N2O3S. The van der Waals surface area contributed by atoms with Gasteiger partial charge in [0.25, 0.3) is 0 Å². The van der Waals surface area contributed by atoms with Gasteiger partial charge in [0.05, 0.1) is 15.2 Å². The Morgan fingerprint density at radius 3 is 2.70 bits per heavy atom. The zero-order valence-corrected chi connectivity index (χ0v) is 12.2. The van der Waals surface area contributed by atoms with E-state index in [0.717, 1.165) is 15.2 Å². The molecular weight excluding hydrogens is 276 g/mol. The molecule has 0 aliphatic carbocycles. The van der Waals surface area contributed by atoms with E-state index in [-0.39, 0.29) is 12.3 Å². The van der Waals surface area contributed by atoms with Crippen LogP contribution in [0.15, 0.2) is 24.3 Å². The van der Waals surface area contributed by atoms with Crippen LogP contribution in [0.5, 0.6) is 0 Å². The Labute approximate surface area is 120 Å². The van der Waals surface area contributed by atoms with E-state index in [0.29, 0.717) is 6.42 Å². The minimum atomic E-state index is -1.25. The number of hydrogen-bond acceptors (Lipinski definition) is 4. The van der Waals surface area contributed by atoms with E-state index in [2.05, 4.69) is 10.3 Å². The summed E-state index contributed by atoms with van der Waals surface area (Å²) in [7, 11) is 0. The van der Waals surface area contributed by atoms with E-state index in [9.17, 15) is 9.59 Å². The summed E-state index contributed by atoms with van der Waals surface area (Å²) in [5.41, 5.74) is -0.316. The maximum absolute atomic E-state index is 11.8. The lowest BCUT2D eigenvalue weighted by molar-refractivity contribution is -0.146. The molecule has 20 heavy (non-hydrogen) atoms. The molecule has 1 heterocycles. The third-order valence-corrected chi connectivity index (χ3v) is 3.99. The van der Waals surface area contributed by atoms with Crippen molar-refractivity contribution >= 4 is 33.4 Å². The lowest BCUT2D eigenvalue weighted by atomic mass is 10.1. The summed E-state index contributed by atoms with van der Waals surface area (Å²) in [5.74, 6) is -1.33. The second-order valence-corrected chi connectivity index (χ2v) is 6.17. The Morgan fingerprint density at radius 1 is 1.35 bits per heavy atom. The average molecular weight is 292 g/mol. The minimum absolute atomic E-state index is 0.233. The number of carboxylic acids is 1. The summed E-state index contributed by atoms with van der Waals surface area (Å²) in [5, 5.41) is 12.3. The number of fused-ring (bicyclic) bond motifs is 1. The monoisotopic (exact) mass is 292 g/mol. The Morgan fingerprint density at radius 2 is 2.05 bits per heavy atom. The summed E-state index contributed by atoms with van der Waals surface area (Å²) in [4.78, 5) is 27.1. The fourth-order valence-electron chi connectivity index (χ4n) is 1.71. The number of para-hydroxylation sites is 1. The van der Waals surface area contributed by atoms with Crippen LogP contribution in [-0.4, -0.2) is 27.5 Å². The first-order valence-electron chi connectivity index (χ1n) is 6.27. The number of thiazole rings is 1. The second-order valence-electron chi connectivity index (χ2n) is 5.05. The molecule has 0 atom stereocenters. The first-order chi connectivity index (χ1) is 9.38. The summed E-state index contributed by atoms with van der Waals surface area (Å²) in [6, 6.07) is 7.80. The predicted molar refractivity (Wildman–Crippen MR) is 77.8 cm³/mol. The number of carbonyl (C=O) groups excluding carboxylic acids is 1. The number of rotatable bonds is 5. The molecule has 0 unspecified atom stereocenters. The van der Waals surface area contributed by atoms with E-state index in [1.807, 2.05) is 24.3 Å². The molecule has 6 heteroatoms. The van der Waals surface area contributed by atoms with E-state index in [1.54, 1.807) is 11.3 Å². The molecule has 106 valence electrons. The second kappa shape index (κ2) is 5.58. The van der Waals surface area contributed by atoms with Crippen LogP contribution in [0.1, 0.15) is 25.3 Å². The third kappa shape index (κ3) is 3.33. The summed E-state index contributed by atoms with van der Waals surface area (Å²) < 4.78 is 1.09. The van der Waals surface area contributed by atoms with Crippen LogP contribution in [0.4, 0.5) is 0 Å². The number of aromatic nitrogens is 1. The molecule has 1 aromatic heterocycles. The van der Waals surface area contributed by atoms with Crippen molar-refractivity contribution in [2.45, 2.75) is 32.2 Å². The Bertz CT molecular complexity index is 616. The topological polar surface area (TPSA) is 79.3 Å². The van der Waals surface area contributed by atoms with Gasteiger partial charge in [0.15, 0.2) is 0 Å². The highest BCUT2D eigenvalue weighted by Gasteiger charge is 2.28. The molecule has 0 fully saturated rings. The van der Waals surface area contributed by atoms with Gasteiger partial charge in [-0.15, -0.1) is 11.3 Å². The van der Waals surface area contributed by atoms with Crippen molar-refractivity contribution in [3.8, 4) is 0 Å². The molecule has 0 saturated carbocycles. The number of hydrogen-bond donors (Lipinski definition) is 2. The van der Waals surface area contributed by atoms with Gasteiger partial charge in [-0.2, -0.15) is 0 Å². The van der Waals surface area contributed by atoms with E-state index < -0.39 is 11.5 Å². The smallest absolute Gasteiger partial charge is 0.328 e. The van der Waals surface area contributed by atoms with Crippen LogP contribution in [0.2, 0.25) is 0 Å². The minimum Gasteiger partial charge on any atom is -0.480 e. The largest absolute Gasteiger partial charge is 0.480 e. The highest BCUT2D eigenvalue weighted by atomic mass is 32.1. The van der Waals surface area contributed by atoms with Crippen molar-refractivity contribution in [1.82, 2.24) is 10.3 Å². The maximum Gasteiger partial charge on any atom is 0.328 e. The van der Waals surface area contributed by atoms with Gasteiger partial charge >= 0.3 is 5.97 Å². The quantitative estimate of drug-likeness (QED) is 0.885. The van der Waals surface area contributed by atoms with Crippen LogP contribution in [0, 0.1) is 0 Å². The fraction of sp³-hybridized carbons (Fsp3) is 0.357. The van der Waals surface area contributed by atoms with Gasteiger partial charge in [-0.05, 0) is 26.0 Å². The average Bonchev–Trinajstić information content (AvgIpc) is 2.78. The normalized spacial score (nSPS) is 11.5. The van der Waals surface area contributed by atoms with Gasteiger partial charge in [0.2, 0.25) is 5.91 Å². The Hall–Kier alpha value is -1.95. The summed E-state index contributed by atoms with van der Waals surface area (Å²) >= 11 is 1.56. The fourth-order valence-corrected chi connectivity index (χ4v) is 2.68. The number of carbonyl (C=O) groups is 2. The lowest BCUT2D eigenvalue weighted by Crippen LogP contribution is -2.49. The Balaban J connectivity index is 1.95. The number of aryl methyl sites for hydroxylation is 1. The number of aliphatic carboxylic acids is 1.